The first kappa shape index (κ1) is 15.3. The molecule has 0 amide bonds. The van der Waals surface area contributed by atoms with Gasteiger partial charge in [0.05, 0.1) is 23.1 Å². The molecule has 0 bridgehead atoms. The molecule has 2 aromatic rings. The Balaban J connectivity index is 2.02. The molecule has 0 spiro atoms. The van der Waals surface area contributed by atoms with Crippen LogP contribution in [0.3, 0.4) is 0 Å². The molecule has 0 aliphatic carbocycles. The quantitative estimate of drug-likeness (QED) is 0.888. The Morgan fingerprint density at radius 2 is 2.05 bits per heavy atom. The second-order valence-electron chi connectivity index (χ2n) is 4.36. The third-order valence-electron chi connectivity index (χ3n) is 2.89. The summed E-state index contributed by atoms with van der Waals surface area (Å²) in [6, 6.07) is 5.63. The van der Waals surface area contributed by atoms with Gasteiger partial charge in [-0.05, 0) is 24.2 Å². The van der Waals surface area contributed by atoms with Gasteiger partial charge in [-0.25, -0.2) is 0 Å². The smallest absolute Gasteiger partial charge is 0.240 e. The average Bonchev–Trinajstić information content (AvgIpc) is 2.90. The van der Waals surface area contributed by atoms with Crippen LogP contribution in [0.2, 0.25) is 10.0 Å². The number of halogens is 2. The van der Waals surface area contributed by atoms with E-state index in [9.17, 15) is 0 Å². The number of nitrogens with zero attached hydrogens (tertiary/aromatic N) is 3. The third-order valence-corrected chi connectivity index (χ3v) is 3.63. The van der Waals surface area contributed by atoms with Crippen LogP contribution < -0.4 is 5.73 Å². The molecule has 0 aliphatic heterocycles. The first-order chi connectivity index (χ1) is 9.62. The molecule has 1 aromatic heterocycles. The molecule has 20 heavy (non-hydrogen) atoms. The van der Waals surface area contributed by atoms with Crippen molar-refractivity contribution in [2.45, 2.75) is 26.6 Å². The lowest BCUT2D eigenvalue weighted by atomic mass is 10.2. The van der Waals surface area contributed by atoms with Gasteiger partial charge in [0.1, 0.15) is 0 Å². The van der Waals surface area contributed by atoms with Gasteiger partial charge in [-0.3, -0.25) is 4.90 Å². The molecule has 0 fully saturated rings. The van der Waals surface area contributed by atoms with E-state index < -0.39 is 0 Å². The maximum atomic E-state index is 6.02. The third kappa shape index (κ3) is 3.93. The van der Waals surface area contributed by atoms with Crippen LogP contribution in [-0.2, 0) is 19.6 Å². The number of benzene rings is 1. The molecule has 0 saturated carbocycles. The van der Waals surface area contributed by atoms with Crippen LogP contribution in [0.25, 0.3) is 0 Å². The lowest BCUT2D eigenvalue weighted by Gasteiger charge is -2.18. The number of aromatic nitrogens is 2. The van der Waals surface area contributed by atoms with E-state index in [0.29, 0.717) is 28.3 Å². The maximum Gasteiger partial charge on any atom is 0.240 e. The molecule has 108 valence electrons. The summed E-state index contributed by atoms with van der Waals surface area (Å²) in [6.45, 7) is 4.51. The van der Waals surface area contributed by atoms with Crippen molar-refractivity contribution in [1.29, 1.82) is 0 Å². The highest BCUT2D eigenvalue weighted by molar-refractivity contribution is 6.42. The second kappa shape index (κ2) is 7.04. The van der Waals surface area contributed by atoms with Crippen molar-refractivity contribution in [3.05, 3.63) is 45.5 Å². The van der Waals surface area contributed by atoms with Crippen molar-refractivity contribution in [2.24, 2.45) is 5.73 Å². The predicted molar refractivity (Wildman–Crippen MR) is 78.4 cm³/mol. The van der Waals surface area contributed by atoms with E-state index in [-0.39, 0.29) is 6.54 Å². The summed E-state index contributed by atoms with van der Waals surface area (Å²) < 4.78 is 4.99. The monoisotopic (exact) mass is 314 g/mol. The summed E-state index contributed by atoms with van der Waals surface area (Å²) in [5, 5.41) is 5.01. The molecule has 5 nitrogen and oxygen atoms in total. The van der Waals surface area contributed by atoms with E-state index in [1.54, 1.807) is 6.07 Å². The predicted octanol–water partition coefficient (Wildman–Crippen LogP) is 2.86. The fraction of sp³-hybridized carbons (Fsp3) is 0.385. The van der Waals surface area contributed by atoms with Gasteiger partial charge >= 0.3 is 0 Å². The van der Waals surface area contributed by atoms with Gasteiger partial charge in [-0.2, -0.15) is 4.98 Å². The van der Waals surface area contributed by atoms with Gasteiger partial charge in [0.2, 0.25) is 5.89 Å². The summed E-state index contributed by atoms with van der Waals surface area (Å²) in [5.74, 6) is 1.08. The minimum atomic E-state index is 0.256. The SMILES string of the molecule is CCN(Cc1ccc(Cl)c(Cl)c1)Cc1noc(CN)n1. The van der Waals surface area contributed by atoms with Crippen LogP contribution in [0, 0.1) is 0 Å². The molecule has 0 radical (unpaired) electrons. The Kier molecular flexibility index (Phi) is 5.37. The Morgan fingerprint density at radius 1 is 1.25 bits per heavy atom. The van der Waals surface area contributed by atoms with E-state index in [2.05, 4.69) is 22.0 Å². The van der Waals surface area contributed by atoms with E-state index in [1.807, 2.05) is 12.1 Å². The van der Waals surface area contributed by atoms with E-state index >= 15 is 0 Å². The fourth-order valence-corrected chi connectivity index (χ4v) is 2.13. The van der Waals surface area contributed by atoms with Gasteiger partial charge in [0.15, 0.2) is 5.82 Å². The summed E-state index contributed by atoms with van der Waals surface area (Å²) in [6.07, 6.45) is 0. The van der Waals surface area contributed by atoms with E-state index in [1.165, 1.54) is 0 Å². The zero-order valence-electron chi connectivity index (χ0n) is 11.1. The Hall–Kier alpha value is -1.14. The molecule has 0 unspecified atom stereocenters. The average molecular weight is 315 g/mol. The number of rotatable bonds is 6. The van der Waals surface area contributed by atoms with Gasteiger partial charge in [0, 0.05) is 6.54 Å². The van der Waals surface area contributed by atoms with E-state index in [0.717, 1.165) is 18.7 Å². The van der Waals surface area contributed by atoms with Gasteiger partial charge in [0.25, 0.3) is 0 Å². The normalized spacial score (nSPS) is 11.2. The van der Waals surface area contributed by atoms with Crippen molar-refractivity contribution >= 4 is 23.2 Å². The lowest BCUT2D eigenvalue weighted by molar-refractivity contribution is 0.258. The Morgan fingerprint density at radius 3 is 2.65 bits per heavy atom. The van der Waals surface area contributed by atoms with Crippen molar-refractivity contribution in [3.8, 4) is 0 Å². The Labute approximate surface area is 127 Å². The van der Waals surface area contributed by atoms with Crippen LogP contribution in [0.4, 0.5) is 0 Å². The van der Waals surface area contributed by atoms with Crippen LogP contribution in [0.1, 0.15) is 24.2 Å². The van der Waals surface area contributed by atoms with Crippen LogP contribution in [0.15, 0.2) is 22.7 Å². The number of hydrogen-bond acceptors (Lipinski definition) is 5. The van der Waals surface area contributed by atoms with Crippen LogP contribution in [0.5, 0.6) is 0 Å². The van der Waals surface area contributed by atoms with Crippen molar-refractivity contribution in [1.82, 2.24) is 15.0 Å². The van der Waals surface area contributed by atoms with Gasteiger partial charge < -0.3 is 10.3 Å². The lowest BCUT2D eigenvalue weighted by Crippen LogP contribution is -2.23. The second-order valence-corrected chi connectivity index (χ2v) is 5.17. The molecule has 1 aromatic carbocycles. The number of nitrogens with two attached hydrogens (primary N) is 1. The highest BCUT2D eigenvalue weighted by atomic mass is 35.5. The summed E-state index contributed by atoms with van der Waals surface area (Å²) in [5.41, 5.74) is 6.53. The molecule has 2 N–H and O–H groups in total. The molecule has 2 rings (SSSR count). The highest BCUT2D eigenvalue weighted by Crippen LogP contribution is 2.23. The molecule has 0 atom stereocenters. The van der Waals surface area contributed by atoms with Crippen LogP contribution >= 0.6 is 23.2 Å². The topological polar surface area (TPSA) is 68.2 Å². The largest absolute Gasteiger partial charge is 0.338 e. The minimum absolute atomic E-state index is 0.256. The molecule has 0 saturated heterocycles. The van der Waals surface area contributed by atoms with Gasteiger partial charge in [-0.15, -0.1) is 0 Å². The molecular formula is C13H16Cl2N4O. The fourth-order valence-electron chi connectivity index (χ4n) is 1.81. The molecule has 1 heterocycles. The zero-order chi connectivity index (χ0) is 14.5. The standard InChI is InChI=1S/C13H16Cl2N4O/c1-2-19(8-12-17-13(6-16)20-18-12)7-9-3-4-10(14)11(15)5-9/h3-5H,2,6-8,16H2,1H3. The van der Waals surface area contributed by atoms with Crippen molar-refractivity contribution < 1.29 is 4.52 Å². The molecule has 7 heteroatoms. The zero-order valence-corrected chi connectivity index (χ0v) is 12.7. The van der Waals surface area contributed by atoms with Crippen LogP contribution in [-0.4, -0.2) is 21.6 Å². The van der Waals surface area contributed by atoms with Crippen molar-refractivity contribution in [3.63, 3.8) is 0 Å². The van der Waals surface area contributed by atoms with E-state index in [4.69, 9.17) is 33.5 Å². The minimum Gasteiger partial charge on any atom is -0.338 e. The number of hydrogen-bond donors (Lipinski definition) is 1. The first-order valence-corrected chi connectivity index (χ1v) is 7.05. The molecule has 0 aliphatic rings. The summed E-state index contributed by atoms with van der Waals surface area (Å²) >= 11 is 11.9. The Bertz CT molecular complexity index is 573. The maximum absolute atomic E-state index is 6.02. The summed E-state index contributed by atoms with van der Waals surface area (Å²) in [7, 11) is 0. The van der Waals surface area contributed by atoms with Gasteiger partial charge in [-0.1, -0.05) is 41.3 Å². The first-order valence-electron chi connectivity index (χ1n) is 6.30. The summed E-state index contributed by atoms with van der Waals surface area (Å²) in [4.78, 5) is 6.37. The van der Waals surface area contributed by atoms with Crippen molar-refractivity contribution in [2.75, 3.05) is 6.54 Å². The highest BCUT2D eigenvalue weighted by Gasteiger charge is 2.11. The molecular weight excluding hydrogens is 299 g/mol.